The molecule has 1 aliphatic carbocycles. The lowest BCUT2D eigenvalue weighted by Gasteiger charge is -2.35. The van der Waals surface area contributed by atoms with Crippen LogP contribution in [0.1, 0.15) is 67.3 Å². The van der Waals surface area contributed by atoms with E-state index >= 15 is 0 Å². The zero-order valence-electron chi connectivity index (χ0n) is 17.2. The Morgan fingerprint density at radius 2 is 1.67 bits per heavy atom. The van der Waals surface area contributed by atoms with E-state index in [-0.39, 0.29) is 36.7 Å². The summed E-state index contributed by atoms with van der Waals surface area (Å²) < 4.78 is 0. The number of amides is 2. The molecule has 1 aliphatic heterocycles. The summed E-state index contributed by atoms with van der Waals surface area (Å²) in [6.45, 7) is 1.50. The molecule has 2 aliphatic rings. The molecule has 2 amide bonds. The molecule has 8 heteroatoms. The van der Waals surface area contributed by atoms with Gasteiger partial charge in [0, 0.05) is 18.0 Å². The molecule has 0 atom stereocenters. The van der Waals surface area contributed by atoms with Crippen molar-refractivity contribution in [1.82, 2.24) is 10.6 Å². The molecule has 30 heavy (non-hydrogen) atoms. The minimum absolute atomic E-state index is 0. The number of benzene rings is 1. The molecule has 166 valence electrons. The number of rotatable bonds is 7. The Morgan fingerprint density at radius 1 is 1.07 bits per heavy atom. The Morgan fingerprint density at radius 3 is 2.20 bits per heavy atom. The van der Waals surface area contributed by atoms with Crippen molar-refractivity contribution in [2.45, 2.75) is 62.8 Å². The number of carboxylic acids is 1. The minimum Gasteiger partial charge on any atom is -0.481 e. The lowest BCUT2D eigenvalue weighted by Crippen LogP contribution is -2.48. The number of nitrogens with two attached hydrogens (primary N) is 1. The Hall–Kier alpha value is -2.12. The van der Waals surface area contributed by atoms with Crippen LogP contribution in [0.25, 0.3) is 0 Å². The number of nitrogens with one attached hydrogen (secondary N) is 2. The lowest BCUT2D eigenvalue weighted by atomic mass is 9.72. The fourth-order valence-electron chi connectivity index (χ4n) is 4.66. The van der Waals surface area contributed by atoms with Gasteiger partial charge in [-0.2, -0.15) is 0 Å². The van der Waals surface area contributed by atoms with Crippen LogP contribution in [-0.4, -0.2) is 42.0 Å². The molecule has 5 N–H and O–H groups in total. The van der Waals surface area contributed by atoms with Gasteiger partial charge in [-0.25, -0.2) is 0 Å². The zero-order valence-corrected chi connectivity index (χ0v) is 18.0. The number of carboxylic acid groups (broad SMARTS) is 1. The zero-order chi connectivity index (χ0) is 20.9. The number of hydrogen-bond donors (Lipinski definition) is 4. The molecule has 1 saturated heterocycles. The molecule has 2 fully saturated rings. The first kappa shape index (κ1) is 24.2. The van der Waals surface area contributed by atoms with Crippen LogP contribution in [0.4, 0.5) is 0 Å². The molecular weight excluding hydrogens is 406 g/mol. The standard InChI is InChI=1S/C22H31N3O4.ClH/c23-21(29)22(11-13-24-14-12-22)17-6-4-16(5-7-17)20(28)25-18-8-1-15(2-9-18)3-10-19(26)27;/h4-7,15,18,24H,1-3,8-14H2,(H2,23,29)(H,25,28)(H,26,27);1H. The molecule has 1 saturated carbocycles. The number of carbonyl (C=O) groups is 3. The molecule has 1 heterocycles. The number of carbonyl (C=O) groups excluding carboxylic acids is 2. The van der Waals surface area contributed by atoms with E-state index in [0.29, 0.717) is 30.7 Å². The first-order chi connectivity index (χ1) is 13.9. The van der Waals surface area contributed by atoms with Gasteiger partial charge < -0.3 is 21.5 Å². The number of primary amides is 1. The van der Waals surface area contributed by atoms with E-state index in [9.17, 15) is 14.4 Å². The van der Waals surface area contributed by atoms with Crippen LogP contribution < -0.4 is 16.4 Å². The van der Waals surface area contributed by atoms with Crippen molar-refractivity contribution in [3.8, 4) is 0 Å². The molecule has 3 rings (SSSR count). The van der Waals surface area contributed by atoms with Gasteiger partial charge in [-0.15, -0.1) is 12.4 Å². The monoisotopic (exact) mass is 437 g/mol. The van der Waals surface area contributed by atoms with Crippen LogP contribution in [0.3, 0.4) is 0 Å². The largest absolute Gasteiger partial charge is 0.481 e. The summed E-state index contributed by atoms with van der Waals surface area (Å²) in [5.74, 6) is -0.722. The highest BCUT2D eigenvalue weighted by Gasteiger charge is 2.39. The summed E-state index contributed by atoms with van der Waals surface area (Å²) in [7, 11) is 0. The van der Waals surface area contributed by atoms with Gasteiger partial charge >= 0.3 is 5.97 Å². The summed E-state index contributed by atoms with van der Waals surface area (Å²) in [4.78, 5) is 35.5. The van der Waals surface area contributed by atoms with Gasteiger partial charge in [0.05, 0.1) is 5.41 Å². The molecular formula is C22H32ClN3O4. The van der Waals surface area contributed by atoms with E-state index in [1.807, 2.05) is 12.1 Å². The van der Waals surface area contributed by atoms with E-state index in [2.05, 4.69) is 10.6 Å². The van der Waals surface area contributed by atoms with Crippen LogP contribution in [0.5, 0.6) is 0 Å². The predicted molar refractivity (Wildman–Crippen MR) is 117 cm³/mol. The normalized spacial score (nSPS) is 23.1. The first-order valence-electron chi connectivity index (χ1n) is 10.5. The van der Waals surface area contributed by atoms with E-state index in [1.54, 1.807) is 12.1 Å². The Balaban J connectivity index is 0.00000320. The third-order valence-corrected chi connectivity index (χ3v) is 6.58. The summed E-state index contributed by atoms with van der Waals surface area (Å²) in [5.41, 5.74) is 6.52. The van der Waals surface area contributed by atoms with Crippen LogP contribution >= 0.6 is 12.4 Å². The van der Waals surface area contributed by atoms with Gasteiger partial charge in [-0.1, -0.05) is 12.1 Å². The van der Waals surface area contributed by atoms with Gasteiger partial charge in [-0.05, 0) is 81.6 Å². The maximum Gasteiger partial charge on any atom is 0.303 e. The third-order valence-electron chi connectivity index (χ3n) is 6.58. The first-order valence-corrected chi connectivity index (χ1v) is 10.5. The molecule has 0 bridgehead atoms. The molecule has 1 aromatic rings. The average Bonchev–Trinajstić information content (AvgIpc) is 2.73. The Kier molecular flexibility index (Phi) is 8.67. The van der Waals surface area contributed by atoms with E-state index in [4.69, 9.17) is 10.8 Å². The number of halogens is 1. The molecule has 0 spiro atoms. The van der Waals surface area contributed by atoms with Gasteiger partial charge in [-0.3, -0.25) is 14.4 Å². The molecule has 0 aromatic heterocycles. The predicted octanol–water partition coefficient (Wildman–Crippen LogP) is 2.37. The van der Waals surface area contributed by atoms with E-state index in [1.165, 1.54) is 0 Å². The van der Waals surface area contributed by atoms with Crippen molar-refractivity contribution in [3.05, 3.63) is 35.4 Å². The lowest BCUT2D eigenvalue weighted by molar-refractivity contribution is -0.137. The van der Waals surface area contributed by atoms with Crippen LogP contribution in [0.15, 0.2) is 24.3 Å². The van der Waals surface area contributed by atoms with Gasteiger partial charge in [0.2, 0.25) is 5.91 Å². The highest BCUT2D eigenvalue weighted by Crippen LogP contribution is 2.33. The summed E-state index contributed by atoms with van der Waals surface area (Å²) >= 11 is 0. The fraction of sp³-hybridized carbons (Fsp3) is 0.591. The number of piperidine rings is 1. The topological polar surface area (TPSA) is 122 Å². The van der Waals surface area contributed by atoms with Crippen LogP contribution in [0, 0.1) is 5.92 Å². The quantitative estimate of drug-likeness (QED) is 0.521. The fourth-order valence-corrected chi connectivity index (χ4v) is 4.66. The van der Waals surface area contributed by atoms with Gasteiger partial charge in [0.1, 0.15) is 0 Å². The van der Waals surface area contributed by atoms with Crippen molar-refractivity contribution in [3.63, 3.8) is 0 Å². The van der Waals surface area contributed by atoms with Crippen molar-refractivity contribution in [2.75, 3.05) is 13.1 Å². The second-order valence-corrected chi connectivity index (χ2v) is 8.40. The second-order valence-electron chi connectivity index (χ2n) is 8.40. The number of aliphatic carboxylic acids is 1. The summed E-state index contributed by atoms with van der Waals surface area (Å²) in [5, 5.41) is 15.2. The highest BCUT2D eigenvalue weighted by molar-refractivity contribution is 5.95. The Labute approximate surface area is 183 Å². The van der Waals surface area contributed by atoms with Crippen molar-refractivity contribution < 1.29 is 19.5 Å². The smallest absolute Gasteiger partial charge is 0.303 e. The minimum atomic E-state index is -0.744. The van der Waals surface area contributed by atoms with Crippen molar-refractivity contribution in [2.24, 2.45) is 11.7 Å². The summed E-state index contributed by atoms with van der Waals surface area (Å²) in [6, 6.07) is 7.39. The van der Waals surface area contributed by atoms with E-state index in [0.717, 1.165) is 44.3 Å². The maximum atomic E-state index is 12.6. The number of hydrogen-bond acceptors (Lipinski definition) is 4. The molecule has 0 radical (unpaired) electrons. The third kappa shape index (κ3) is 5.73. The molecule has 1 aromatic carbocycles. The van der Waals surface area contributed by atoms with Crippen molar-refractivity contribution in [1.29, 1.82) is 0 Å². The molecule has 0 unspecified atom stereocenters. The van der Waals surface area contributed by atoms with Gasteiger partial charge in [0.15, 0.2) is 0 Å². The Bertz CT molecular complexity index is 739. The van der Waals surface area contributed by atoms with Crippen LogP contribution in [-0.2, 0) is 15.0 Å². The highest BCUT2D eigenvalue weighted by atomic mass is 35.5. The average molecular weight is 438 g/mol. The SMILES string of the molecule is Cl.NC(=O)C1(c2ccc(C(=O)NC3CCC(CCC(=O)O)CC3)cc2)CCNCC1. The van der Waals surface area contributed by atoms with Crippen molar-refractivity contribution >= 4 is 30.2 Å². The summed E-state index contributed by atoms with van der Waals surface area (Å²) in [6.07, 6.45) is 5.93. The van der Waals surface area contributed by atoms with E-state index < -0.39 is 11.4 Å². The molecule has 7 nitrogen and oxygen atoms in total. The maximum absolute atomic E-state index is 12.6. The second kappa shape index (κ2) is 10.8. The van der Waals surface area contributed by atoms with Crippen LogP contribution in [0.2, 0.25) is 0 Å². The van der Waals surface area contributed by atoms with Gasteiger partial charge in [0.25, 0.3) is 5.91 Å².